The smallest absolute Gasteiger partial charge is 0.247 e. The van der Waals surface area contributed by atoms with Crippen LogP contribution in [0.3, 0.4) is 0 Å². The molecule has 1 aromatic heterocycles. The average Bonchev–Trinajstić information content (AvgIpc) is 2.82. The summed E-state index contributed by atoms with van der Waals surface area (Å²) in [6, 6.07) is 13.9. The Labute approximate surface area is 135 Å². The van der Waals surface area contributed by atoms with Crippen molar-refractivity contribution in [2.24, 2.45) is 0 Å². The second-order valence-corrected chi connectivity index (χ2v) is 5.36. The van der Waals surface area contributed by atoms with Gasteiger partial charge in [-0.3, -0.25) is 0 Å². The average molecular weight is 333 g/mol. The predicted molar refractivity (Wildman–Crippen MR) is 83.1 cm³/mol. The largest absolute Gasteiger partial charge is 0.416 e. The first-order chi connectivity index (χ1) is 11.4. The van der Waals surface area contributed by atoms with E-state index < -0.39 is 17.4 Å². The third-order valence-electron chi connectivity index (χ3n) is 3.61. The maximum Gasteiger partial charge on any atom is 0.416 e. The number of halogens is 3. The van der Waals surface area contributed by atoms with E-state index in [9.17, 15) is 18.0 Å². The third kappa shape index (κ3) is 3.10. The second-order valence-electron chi connectivity index (χ2n) is 5.36. The number of hydrogen-bond donors (Lipinski definition) is 0. The lowest BCUT2D eigenvalue weighted by Crippen LogP contribution is -2.25. The first kappa shape index (κ1) is 16.0. The fourth-order valence-electron chi connectivity index (χ4n) is 2.49. The number of rotatable bonds is 3. The minimum absolute atomic E-state index is 0.145. The predicted octanol–water partition coefficient (Wildman–Crippen LogP) is 3.41. The molecule has 3 rings (SSSR count). The van der Waals surface area contributed by atoms with Gasteiger partial charge in [-0.25, -0.2) is 14.0 Å². The van der Waals surface area contributed by atoms with Crippen molar-refractivity contribution >= 4 is 0 Å². The molecule has 2 aromatic carbocycles. The molecule has 0 atom stereocenters. The number of hydrogen-bond acceptors (Lipinski definition) is 2. The minimum Gasteiger partial charge on any atom is -0.247 e. The van der Waals surface area contributed by atoms with Gasteiger partial charge in [-0.1, -0.05) is 36.4 Å². The third-order valence-corrected chi connectivity index (χ3v) is 3.61. The van der Waals surface area contributed by atoms with E-state index in [1.165, 1.54) is 21.4 Å². The summed E-state index contributed by atoms with van der Waals surface area (Å²) in [7, 11) is 0. The van der Waals surface area contributed by atoms with Gasteiger partial charge in [-0.05, 0) is 30.7 Å². The van der Waals surface area contributed by atoms with Crippen LogP contribution in [0.25, 0.3) is 5.69 Å². The van der Waals surface area contributed by atoms with Gasteiger partial charge in [0.2, 0.25) is 0 Å². The summed E-state index contributed by atoms with van der Waals surface area (Å²) in [4.78, 5) is 12.5. The zero-order valence-corrected chi connectivity index (χ0v) is 12.8. The van der Waals surface area contributed by atoms with Crippen molar-refractivity contribution in [1.29, 1.82) is 0 Å². The van der Waals surface area contributed by atoms with Gasteiger partial charge in [0.15, 0.2) is 0 Å². The molecule has 0 aliphatic carbocycles. The van der Waals surface area contributed by atoms with Crippen LogP contribution in [0, 0.1) is 6.92 Å². The SMILES string of the molecule is Cc1nn(Cc2ccccc2)c(=O)n1-c1cccc(C(F)(F)F)c1. The first-order valence-corrected chi connectivity index (χ1v) is 7.24. The van der Waals surface area contributed by atoms with Crippen molar-refractivity contribution in [2.45, 2.75) is 19.6 Å². The zero-order chi connectivity index (χ0) is 17.3. The van der Waals surface area contributed by atoms with Crippen LogP contribution in [0.2, 0.25) is 0 Å². The molecule has 0 unspecified atom stereocenters. The highest BCUT2D eigenvalue weighted by Crippen LogP contribution is 2.30. The molecule has 0 aliphatic rings. The van der Waals surface area contributed by atoms with Crippen molar-refractivity contribution in [1.82, 2.24) is 14.3 Å². The Morgan fingerprint density at radius 3 is 2.42 bits per heavy atom. The van der Waals surface area contributed by atoms with Gasteiger partial charge < -0.3 is 0 Å². The lowest BCUT2D eigenvalue weighted by Gasteiger charge is -2.09. The van der Waals surface area contributed by atoms with Crippen molar-refractivity contribution in [3.63, 3.8) is 0 Å². The van der Waals surface area contributed by atoms with E-state index >= 15 is 0 Å². The molecule has 0 N–H and O–H groups in total. The highest BCUT2D eigenvalue weighted by molar-refractivity contribution is 5.37. The van der Waals surface area contributed by atoms with Gasteiger partial charge in [0.25, 0.3) is 0 Å². The molecule has 3 aromatic rings. The lowest BCUT2D eigenvalue weighted by atomic mass is 10.2. The van der Waals surface area contributed by atoms with E-state index in [1.807, 2.05) is 30.3 Å². The number of benzene rings is 2. The molecular weight excluding hydrogens is 319 g/mol. The van der Waals surface area contributed by atoms with Crippen molar-refractivity contribution in [2.75, 3.05) is 0 Å². The van der Waals surface area contributed by atoms with E-state index in [0.29, 0.717) is 5.82 Å². The van der Waals surface area contributed by atoms with E-state index in [-0.39, 0.29) is 12.2 Å². The fourth-order valence-corrected chi connectivity index (χ4v) is 2.49. The van der Waals surface area contributed by atoms with Crippen LogP contribution in [0.4, 0.5) is 13.2 Å². The summed E-state index contributed by atoms with van der Waals surface area (Å²) in [5.74, 6) is 0.329. The van der Waals surface area contributed by atoms with Gasteiger partial charge in [0, 0.05) is 0 Å². The Hall–Kier alpha value is -2.83. The normalized spacial score (nSPS) is 11.7. The molecule has 24 heavy (non-hydrogen) atoms. The summed E-state index contributed by atoms with van der Waals surface area (Å²) in [6.07, 6.45) is -4.46. The molecule has 124 valence electrons. The maximum absolute atomic E-state index is 12.9. The van der Waals surface area contributed by atoms with Crippen LogP contribution >= 0.6 is 0 Å². The summed E-state index contributed by atoms with van der Waals surface area (Å²) in [5.41, 5.74) is -0.252. The standard InChI is InChI=1S/C17H14F3N3O/c1-12-21-22(11-13-6-3-2-4-7-13)16(24)23(12)15-9-5-8-14(10-15)17(18,19)20/h2-10H,11H2,1H3. The van der Waals surface area contributed by atoms with E-state index in [1.54, 1.807) is 6.92 Å². The van der Waals surface area contributed by atoms with Crippen LogP contribution < -0.4 is 5.69 Å². The number of aromatic nitrogens is 3. The Morgan fingerprint density at radius 1 is 1.04 bits per heavy atom. The summed E-state index contributed by atoms with van der Waals surface area (Å²) < 4.78 is 41.0. The molecule has 0 bridgehead atoms. The molecular formula is C17H14F3N3O. The number of alkyl halides is 3. The second kappa shape index (κ2) is 5.99. The number of aryl methyl sites for hydroxylation is 1. The van der Waals surface area contributed by atoms with E-state index in [2.05, 4.69) is 5.10 Å². The molecule has 0 saturated heterocycles. The highest BCUT2D eigenvalue weighted by Gasteiger charge is 2.30. The molecule has 0 saturated carbocycles. The summed E-state index contributed by atoms with van der Waals surface area (Å²) in [5, 5.41) is 4.16. The maximum atomic E-state index is 12.9. The summed E-state index contributed by atoms with van der Waals surface area (Å²) in [6.45, 7) is 1.84. The molecule has 1 heterocycles. The molecule has 7 heteroatoms. The van der Waals surface area contributed by atoms with Crippen molar-refractivity contribution in [3.05, 3.63) is 82.0 Å². The van der Waals surface area contributed by atoms with Gasteiger partial charge in [-0.15, -0.1) is 0 Å². The minimum atomic E-state index is -4.46. The quantitative estimate of drug-likeness (QED) is 0.737. The monoisotopic (exact) mass is 333 g/mol. The number of nitrogens with zero attached hydrogens (tertiary/aromatic N) is 3. The van der Waals surface area contributed by atoms with Crippen LogP contribution in [-0.2, 0) is 12.7 Å². The molecule has 0 spiro atoms. The van der Waals surface area contributed by atoms with E-state index in [4.69, 9.17) is 0 Å². The zero-order valence-electron chi connectivity index (χ0n) is 12.8. The molecule has 0 amide bonds. The Bertz CT molecular complexity index is 911. The van der Waals surface area contributed by atoms with Crippen LogP contribution in [0.1, 0.15) is 17.0 Å². The van der Waals surface area contributed by atoms with Crippen LogP contribution in [0.15, 0.2) is 59.4 Å². The van der Waals surface area contributed by atoms with E-state index in [0.717, 1.165) is 17.7 Å². The van der Waals surface area contributed by atoms with Gasteiger partial charge in [-0.2, -0.15) is 18.3 Å². The van der Waals surface area contributed by atoms with Gasteiger partial charge >= 0.3 is 11.9 Å². The first-order valence-electron chi connectivity index (χ1n) is 7.24. The van der Waals surface area contributed by atoms with Crippen molar-refractivity contribution in [3.8, 4) is 5.69 Å². The molecule has 0 aliphatic heterocycles. The van der Waals surface area contributed by atoms with Crippen LogP contribution in [0.5, 0.6) is 0 Å². The van der Waals surface area contributed by atoms with Gasteiger partial charge in [0.05, 0.1) is 17.8 Å². The highest BCUT2D eigenvalue weighted by atomic mass is 19.4. The Kier molecular flexibility index (Phi) is 4.01. The molecule has 4 nitrogen and oxygen atoms in total. The topological polar surface area (TPSA) is 39.8 Å². The summed E-state index contributed by atoms with van der Waals surface area (Å²) >= 11 is 0. The van der Waals surface area contributed by atoms with Crippen LogP contribution in [-0.4, -0.2) is 14.3 Å². The molecule has 0 radical (unpaired) electrons. The van der Waals surface area contributed by atoms with Crippen molar-refractivity contribution < 1.29 is 13.2 Å². The lowest BCUT2D eigenvalue weighted by molar-refractivity contribution is -0.137. The fraction of sp³-hybridized carbons (Fsp3) is 0.176. The molecule has 0 fully saturated rings. The Balaban J connectivity index is 2.03. The van der Waals surface area contributed by atoms with Gasteiger partial charge in [0.1, 0.15) is 5.82 Å². The Morgan fingerprint density at radius 2 is 1.75 bits per heavy atom.